The van der Waals surface area contributed by atoms with Crippen molar-refractivity contribution in [1.82, 2.24) is 10.9 Å². The first kappa shape index (κ1) is 15.6. The van der Waals surface area contributed by atoms with Crippen molar-refractivity contribution < 1.29 is 14.0 Å². The number of furan rings is 1. The van der Waals surface area contributed by atoms with Crippen molar-refractivity contribution in [2.45, 2.75) is 12.8 Å². The summed E-state index contributed by atoms with van der Waals surface area (Å²) in [4.78, 5) is 25.9. The van der Waals surface area contributed by atoms with Crippen LogP contribution >= 0.6 is 15.9 Å². The van der Waals surface area contributed by atoms with Crippen molar-refractivity contribution in [3.8, 4) is 0 Å². The number of anilines is 1. The van der Waals surface area contributed by atoms with Crippen LogP contribution in [0.2, 0.25) is 0 Å². The lowest BCUT2D eigenvalue weighted by atomic mass is 10.0. The minimum atomic E-state index is -0.497. The maximum absolute atomic E-state index is 12.1. The third kappa shape index (κ3) is 3.73. The molecule has 2 N–H and O–H groups in total. The van der Waals surface area contributed by atoms with Crippen LogP contribution in [0.15, 0.2) is 45.5 Å². The summed E-state index contributed by atoms with van der Waals surface area (Å²) in [6, 6.07) is 11.2. The summed E-state index contributed by atoms with van der Waals surface area (Å²) in [6.07, 6.45) is 2.04. The van der Waals surface area contributed by atoms with E-state index < -0.39 is 5.91 Å². The van der Waals surface area contributed by atoms with Crippen LogP contribution in [0.4, 0.5) is 5.69 Å². The van der Waals surface area contributed by atoms with Crippen LogP contribution in [-0.4, -0.2) is 24.9 Å². The molecule has 120 valence electrons. The number of halogens is 1. The van der Waals surface area contributed by atoms with Gasteiger partial charge in [-0.3, -0.25) is 20.4 Å². The Kier molecular flexibility index (Phi) is 4.66. The van der Waals surface area contributed by atoms with E-state index in [4.69, 9.17) is 4.42 Å². The maximum Gasteiger partial charge on any atom is 0.305 e. The van der Waals surface area contributed by atoms with Gasteiger partial charge in [-0.2, -0.15) is 0 Å². The van der Waals surface area contributed by atoms with E-state index in [0.717, 1.165) is 25.1 Å². The molecular formula is C16H16BrN3O3. The Morgan fingerprint density at radius 1 is 1.17 bits per heavy atom. The quantitative estimate of drug-likeness (QED) is 0.804. The summed E-state index contributed by atoms with van der Waals surface area (Å²) in [7, 11) is 0. The molecule has 0 atom stereocenters. The minimum Gasteiger partial charge on any atom is -0.444 e. The molecular weight excluding hydrogens is 362 g/mol. The third-order valence-electron chi connectivity index (χ3n) is 3.65. The Morgan fingerprint density at radius 3 is 2.78 bits per heavy atom. The fourth-order valence-electron chi connectivity index (χ4n) is 2.61. The smallest absolute Gasteiger partial charge is 0.305 e. The first-order valence-electron chi connectivity index (χ1n) is 7.31. The highest BCUT2D eigenvalue weighted by Crippen LogP contribution is 2.26. The Morgan fingerprint density at radius 2 is 2.00 bits per heavy atom. The fourth-order valence-corrected chi connectivity index (χ4v) is 2.92. The van der Waals surface area contributed by atoms with Gasteiger partial charge in [0, 0.05) is 12.2 Å². The van der Waals surface area contributed by atoms with Gasteiger partial charge in [-0.15, -0.1) is 0 Å². The van der Waals surface area contributed by atoms with Crippen molar-refractivity contribution in [2.75, 3.05) is 18.0 Å². The molecule has 0 saturated heterocycles. The van der Waals surface area contributed by atoms with Crippen LogP contribution in [-0.2, 0) is 11.2 Å². The topological polar surface area (TPSA) is 74.6 Å². The molecule has 1 aliphatic rings. The summed E-state index contributed by atoms with van der Waals surface area (Å²) in [5.74, 6) is -0.649. The van der Waals surface area contributed by atoms with E-state index in [0.29, 0.717) is 4.67 Å². The molecule has 0 unspecified atom stereocenters. The zero-order chi connectivity index (χ0) is 16.2. The molecule has 0 saturated carbocycles. The third-order valence-corrected chi connectivity index (χ3v) is 4.08. The largest absolute Gasteiger partial charge is 0.444 e. The summed E-state index contributed by atoms with van der Waals surface area (Å²) in [6.45, 7) is 1.02. The van der Waals surface area contributed by atoms with Crippen molar-refractivity contribution in [2.24, 2.45) is 0 Å². The predicted molar refractivity (Wildman–Crippen MR) is 89.0 cm³/mol. The number of aryl methyl sites for hydroxylation is 1. The van der Waals surface area contributed by atoms with E-state index in [1.54, 1.807) is 6.07 Å². The molecule has 6 nitrogen and oxygen atoms in total. The van der Waals surface area contributed by atoms with Gasteiger partial charge in [0.25, 0.3) is 5.91 Å². The van der Waals surface area contributed by atoms with Crippen LogP contribution < -0.4 is 15.8 Å². The first-order valence-corrected chi connectivity index (χ1v) is 8.10. The van der Waals surface area contributed by atoms with Gasteiger partial charge in [0.15, 0.2) is 10.4 Å². The predicted octanol–water partition coefficient (Wildman–Crippen LogP) is 2.26. The van der Waals surface area contributed by atoms with Gasteiger partial charge in [-0.1, -0.05) is 18.2 Å². The highest BCUT2D eigenvalue weighted by Gasteiger charge is 2.19. The van der Waals surface area contributed by atoms with Gasteiger partial charge < -0.3 is 9.32 Å². The van der Waals surface area contributed by atoms with E-state index in [9.17, 15) is 9.59 Å². The molecule has 0 bridgehead atoms. The molecule has 1 aromatic carbocycles. The molecule has 0 radical (unpaired) electrons. The molecule has 0 spiro atoms. The van der Waals surface area contributed by atoms with Crippen LogP contribution in [0.5, 0.6) is 0 Å². The monoisotopic (exact) mass is 377 g/mol. The number of nitrogens with zero attached hydrogens (tertiary/aromatic N) is 1. The van der Waals surface area contributed by atoms with Crippen molar-refractivity contribution >= 4 is 33.4 Å². The second-order valence-corrected chi connectivity index (χ2v) is 6.04. The number of benzene rings is 1. The van der Waals surface area contributed by atoms with E-state index >= 15 is 0 Å². The van der Waals surface area contributed by atoms with E-state index in [1.807, 2.05) is 23.1 Å². The summed E-state index contributed by atoms with van der Waals surface area (Å²) >= 11 is 3.12. The zero-order valence-electron chi connectivity index (χ0n) is 12.3. The van der Waals surface area contributed by atoms with Gasteiger partial charge in [-0.25, -0.2) is 0 Å². The average molecular weight is 378 g/mol. The number of para-hydroxylation sites is 1. The van der Waals surface area contributed by atoms with Gasteiger partial charge in [0.05, 0.1) is 6.54 Å². The average Bonchev–Trinajstić information content (AvgIpc) is 2.99. The number of hydrogen-bond donors (Lipinski definition) is 2. The van der Waals surface area contributed by atoms with E-state index in [1.165, 1.54) is 11.6 Å². The molecule has 23 heavy (non-hydrogen) atoms. The van der Waals surface area contributed by atoms with Gasteiger partial charge in [0.1, 0.15) is 0 Å². The number of amides is 2. The first-order chi connectivity index (χ1) is 11.1. The molecule has 1 aromatic heterocycles. The molecule has 0 fully saturated rings. The number of carbonyl (C=O) groups is 2. The number of carbonyl (C=O) groups excluding carboxylic acids is 2. The van der Waals surface area contributed by atoms with Gasteiger partial charge in [0.2, 0.25) is 0 Å². The molecule has 2 aromatic rings. The second-order valence-electron chi connectivity index (χ2n) is 5.26. The fraction of sp³-hybridized carbons (Fsp3) is 0.250. The summed E-state index contributed by atoms with van der Waals surface area (Å²) in [5, 5.41) is 0. The number of hydrazine groups is 1. The normalized spacial score (nSPS) is 13.3. The second kappa shape index (κ2) is 6.87. The molecule has 3 rings (SSSR count). The number of nitrogens with one attached hydrogen (secondary N) is 2. The van der Waals surface area contributed by atoms with Gasteiger partial charge >= 0.3 is 5.91 Å². The molecule has 0 aliphatic carbocycles. The lowest BCUT2D eigenvalue weighted by Gasteiger charge is -2.30. The van der Waals surface area contributed by atoms with Crippen LogP contribution in [0.25, 0.3) is 0 Å². The zero-order valence-corrected chi connectivity index (χ0v) is 13.9. The standard InChI is InChI=1S/C16H16BrN3O3/c17-14-8-7-13(23-14)16(22)19-18-15(21)10-20-9-3-5-11-4-1-2-6-12(11)20/h1-2,4,6-8H,3,5,9-10H2,(H,18,21)(H,19,22). The SMILES string of the molecule is O=C(CN1CCCc2ccccc21)NNC(=O)c1ccc(Br)o1. The summed E-state index contributed by atoms with van der Waals surface area (Å²) in [5.41, 5.74) is 7.08. The lowest BCUT2D eigenvalue weighted by molar-refractivity contribution is -0.120. The lowest BCUT2D eigenvalue weighted by Crippen LogP contribution is -2.47. The Labute approximate surface area is 141 Å². The number of hydrogen-bond acceptors (Lipinski definition) is 4. The van der Waals surface area contributed by atoms with Crippen LogP contribution in [0.3, 0.4) is 0 Å². The molecule has 2 heterocycles. The molecule has 1 aliphatic heterocycles. The Bertz CT molecular complexity index is 729. The Hall–Kier alpha value is -2.28. The van der Waals surface area contributed by atoms with Gasteiger partial charge in [-0.05, 0) is 52.5 Å². The number of fused-ring (bicyclic) bond motifs is 1. The summed E-state index contributed by atoms with van der Waals surface area (Å²) < 4.78 is 5.57. The van der Waals surface area contributed by atoms with Crippen molar-refractivity contribution in [3.05, 3.63) is 52.4 Å². The van der Waals surface area contributed by atoms with Crippen LogP contribution in [0.1, 0.15) is 22.5 Å². The number of rotatable bonds is 3. The van der Waals surface area contributed by atoms with Crippen LogP contribution in [0, 0.1) is 0 Å². The molecule has 7 heteroatoms. The Balaban J connectivity index is 1.55. The van der Waals surface area contributed by atoms with E-state index in [-0.39, 0.29) is 18.2 Å². The van der Waals surface area contributed by atoms with E-state index in [2.05, 4.69) is 32.8 Å². The van der Waals surface area contributed by atoms with Crippen molar-refractivity contribution in [3.63, 3.8) is 0 Å². The minimum absolute atomic E-state index is 0.125. The van der Waals surface area contributed by atoms with Crippen molar-refractivity contribution in [1.29, 1.82) is 0 Å². The maximum atomic E-state index is 12.1. The highest BCUT2D eigenvalue weighted by molar-refractivity contribution is 9.10. The molecule has 2 amide bonds. The highest BCUT2D eigenvalue weighted by atomic mass is 79.9.